The van der Waals surface area contributed by atoms with Gasteiger partial charge in [0.05, 0.1) is 23.8 Å². The van der Waals surface area contributed by atoms with E-state index in [4.69, 9.17) is 9.47 Å². The molecule has 1 atom stereocenters. The molecule has 4 rings (SSSR count). The van der Waals surface area contributed by atoms with Crippen LogP contribution in [0, 0.1) is 12.8 Å². The van der Waals surface area contributed by atoms with Crippen molar-refractivity contribution in [3.63, 3.8) is 0 Å². The Balaban J connectivity index is 1.36. The molecule has 2 saturated heterocycles. The van der Waals surface area contributed by atoms with Crippen LogP contribution in [0.1, 0.15) is 17.7 Å². The maximum atomic E-state index is 12.8. The fourth-order valence-electron chi connectivity index (χ4n) is 3.74. The second-order valence-electron chi connectivity index (χ2n) is 7.32. The first-order valence-corrected chi connectivity index (χ1v) is 10.6. The molecule has 1 aromatic carbocycles. The molecular formula is C20H24N2O4S. The highest BCUT2D eigenvalue weighted by Crippen LogP contribution is 2.42. The molecule has 0 bridgehead atoms. The first-order chi connectivity index (χ1) is 13.0. The van der Waals surface area contributed by atoms with Crippen molar-refractivity contribution >= 4 is 10.0 Å². The van der Waals surface area contributed by atoms with Crippen molar-refractivity contribution < 1.29 is 17.9 Å². The standard InChI is InChI=1S/C20H24N2O4S/c1-16-5-7-19(8-6-16)27(23,24)22-14-20(15-22)17(9-11-26-20)12-25-13-18-4-2-3-10-21-18/h2-8,10,17H,9,11-15H2,1H3/t17-/m1/s1. The fraction of sp³-hybridized carbons (Fsp3) is 0.450. The van der Waals surface area contributed by atoms with Gasteiger partial charge in [0.2, 0.25) is 10.0 Å². The van der Waals surface area contributed by atoms with Gasteiger partial charge in [-0.05, 0) is 37.6 Å². The van der Waals surface area contributed by atoms with Crippen LogP contribution in [-0.4, -0.2) is 49.6 Å². The lowest BCUT2D eigenvalue weighted by Gasteiger charge is -2.49. The molecule has 0 unspecified atom stereocenters. The Morgan fingerprint density at radius 1 is 1.22 bits per heavy atom. The van der Waals surface area contributed by atoms with Gasteiger partial charge in [0.25, 0.3) is 0 Å². The van der Waals surface area contributed by atoms with Gasteiger partial charge >= 0.3 is 0 Å². The van der Waals surface area contributed by atoms with Crippen LogP contribution in [0.4, 0.5) is 0 Å². The highest BCUT2D eigenvalue weighted by molar-refractivity contribution is 7.89. The Morgan fingerprint density at radius 2 is 2.00 bits per heavy atom. The minimum atomic E-state index is -3.47. The summed E-state index contributed by atoms with van der Waals surface area (Å²) in [5.41, 5.74) is 1.52. The summed E-state index contributed by atoms with van der Waals surface area (Å²) in [7, 11) is -3.47. The van der Waals surface area contributed by atoms with E-state index >= 15 is 0 Å². The van der Waals surface area contributed by atoms with Crippen LogP contribution in [0.25, 0.3) is 0 Å². The Hall–Kier alpha value is -1.80. The van der Waals surface area contributed by atoms with Gasteiger partial charge in [-0.25, -0.2) is 8.42 Å². The average molecular weight is 388 g/mol. The molecule has 27 heavy (non-hydrogen) atoms. The predicted octanol–water partition coefficient (Wildman–Crippen LogP) is 2.39. The third kappa shape index (κ3) is 3.65. The molecule has 0 radical (unpaired) electrons. The zero-order valence-corrected chi connectivity index (χ0v) is 16.2. The Morgan fingerprint density at radius 3 is 2.70 bits per heavy atom. The number of benzene rings is 1. The molecule has 2 fully saturated rings. The molecule has 3 heterocycles. The van der Waals surface area contributed by atoms with Gasteiger partial charge in [-0.3, -0.25) is 4.98 Å². The minimum absolute atomic E-state index is 0.200. The molecule has 0 aliphatic carbocycles. The molecule has 7 heteroatoms. The van der Waals surface area contributed by atoms with E-state index in [1.54, 1.807) is 18.3 Å². The van der Waals surface area contributed by atoms with E-state index in [1.807, 2.05) is 37.3 Å². The summed E-state index contributed by atoms with van der Waals surface area (Å²) < 4.78 is 38.9. The number of aromatic nitrogens is 1. The second-order valence-corrected chi connectivity index (χ2v) is 9.26. The lowest BCUT2D eigenvalue weighted by atomic mass is 9.83. The van der Waals surface area contributed by atoms with Crippen molar-refractivity contribution in [1.29, 1.82) is 0 Å². The molecule has 2 aliphatic rings. The van der Waals surface area contributed by atoms with Crippen LogP contribution in [0.5, 0.6) is 0 Å². The molecule has 6 nitrogen and oxygen atoms in total. The third-order valence-electron chi connectivity index (χ3n) is 5.44. The Bertz CT molecular complexity index is 878. The summed E-state index contributed by atoms with van der Waals surface area (Å²) in [6.07, 6.45) is 2.64. The number of nitrogens with zero attached hydrogens (tertiary/aromatic N) is 2. The summed E-state index contributed by atoms with van der Waals surface area (Å²) in [4.78, 5) is 4.59. The molecule has 144 valence electrons. The van der Waals surface area contributed by atoms with Crippen molar-refractivity contribution in [1.82, 2.24) is 9.29 Å². The van der Waals surface area contributed by atoms with Crippen molar-refractivity contribution in [3.05, 3.63) is 59.9 Å². The van der Waals surface area contributed by atoms with Crippen molar-refractivity contribution in [2.45, 2.75) is 30.4 Å². The van der Waals surface area contributed by atoms with Crippen LogP contribution in [0.2, 0.25) is 0 Å². The zero-order chi connectivity index (χ0) is 18.9. The van der Waals surface area contributed by atoms with Crippen LogP contribution in [0.3, 0.4) is 0 Å². The van der Waals surface area contributed by atoms with E-state index in [0.717, 1.165) is 17.7 Å². The number of aryl methyl sites for hydroxylation is 1. The Kier molecular flexibility index (Phi) is 5.03. The van der Waals surface area contributed by atoms with Crippen LogP contribution in [0.15, 0.2) is 53.6 Å². The molecule has 0 saturated carbocycles. The lowest BCUT2D eigenvalue weighted by Crippen LogP contribution is -2.66. The molecule has 0 amide bonds. The summed E-state index contributed by atoms with van der Waals surface area (Å²) in [6.45, 7) is 4.38. The maximum Gasteiger partial charge on any atom is 0.243 e. The molecule has 2 aromatic rings. The Labute approximate surface area is 160 Å². The summed E-state index contributed by atoms with van der Waals surface area (Å²) >= 11 is 0. The zero-order valence-electron chi connectivity index (χ0n) is 15.4. The van der Waals surface area contributed by atoms with Crippen LogP contribution < -0.4 is 0 Å². The molecule has 0 N–H and O–H groups in total. The summed E-state index contributed by atoms with van der Waals surface area (Å²) in [5, 5.41) is 0. The molecule has 1 spiro atoms. The van der Waals surface area contributed by atoms with E-state index in [-0.39, 0.29) is 5.92 Å². The number of hydrogen-bond acceptors (Lipinski definition) is 5. The first-order valence-electron chi connectivity index (χ1n) is 9.18. The SMILES string of the molecule is Cc1ccc(S(=O)(=O)N2CC3(C2)OCC[C@@H]3COCc2ccccn2)cc1. The van der Waals surface area contributed by atoms with Crippen molar-refractivity contribution in [3.8, 4) is 0 Å². The summed E-state index contributed by atoms with van der Waals surface area (Å²) in [5.74, 6) is 0.200. The van der Waals surface area contributed by atoms with Crippen molar-refractivity contribution in [2.24, 2.45) is 5.92 Å². The van der Waals surface area contributed by atoms with Crippen LogP contribution in [-0.2, 0) is 26.1 Å². The number of ether oxygens (including phenoxy) is 2. The van der Waals surface area contributed by atoms with Crippen LogP contribution >= 0.6 is 0 Å². The number of rotatable bonds is 6. The van der Waals surface area contributed by atoms with Gasteiger partial charge in [0.15, 0.2) is 0 Å². The molecule has 2 aliphatic heterocycles. The lowest BCUT2D eigenvalue weighted by molar-refractivity contribution is -0.115. The van der Waals surface area contributed by atoms with Gasteiger partial charge in [-0.1, -0.05) is 23.8 Å². The monoisotopic (exact) mass is 388 g/mol. The average Bonchev–Trinajstić information content (AvgIpc) is 3.06. The highest BCUT2D eigenvalue weighted by atomic mass is 32.2. The molecular weight excluding hydrogens is 364 g/mol. The van der Waals surface area contributed by atoms with Gasteiger partial charge in [-0.15, -0.1) is 0 Å². The van der Waals surface area contributed by atoms with E-state index in [1.165, 1.54) is 4.31 Å². The number of sulfonamides is 1. The highest BCUT2D eigenvalue weighted by Gasteiger charge is 2.56. The predicted molar refractivity (Wildman–Crippen MR) is 101 cm³/mol. The van der Waals surface area contributed by atoms with E-state index < -0.39 is 15.6 Å². The smallest absolute Gasteiger partial charge is 0.243 e. The van der Waals surface area contributed by atoms with E-state index in [0.29, 0.717) is 37.8 Å². The topological polar surface area (TPSA) is 68.7 Å². The van der Waals surface area contributed by atoms with Gasteiger partial charge in [0.1, 0.15) is 5.60 Å². The third-order valence-corrected chi connectivity index (χ3v) is 7.25. The minimum Gasteiger partial charge on any atom is -0.375 e. The quantitative estimate of drug-likeness (QED) is 0.760. The summed E-state index contributed by atoms with van der Waals surface area (Å²) in [6, 6.07) is 12.7. The van der Waals surface area contributed by atoms with Gasteiger partial charge < -0.3 is 9.47 Å². The first kappa shape index (κ1) is 18.6. The maximum absolute atomic E-state index is 12.8. The second kappa shape index (κ2) is 7.31. The van der Waals surface area contributed by atoms with Gasteiger partial charge in [0, 0.05) is 31.8 Å². The largest absolute Gasteiger partial charge is 0.375 e. The van der Waals surface area contributed by atoms with E-state index in [2.05, 4.69) is 4.98 Å². The van der Waals surface area contributed by atoms with Crippen molar-refractivity contribution in [2.75, 3.05) is 26.3 Å². The normalized spacial score (nSPS) is 22.0. The fourth-order valence-corrected chi connectivity index (χ4v) is 5.29. The van der Waals surface area contributed by atoms with Gasteiger partial charge in [-0.2, -0.15) is 4.31 Å². The number of pyridine rings is 1. The van der Waals surface area contributed by atoms with E-state index in [9.17, 15) is 8.42 Å². The molecule has 1 aromatic heterocycles. The number of hydrogen-bond donors (Lipinski definition) is 0.